The number of rotatable bonds is 7. The van der Waals surface area contributed by atoms with E-state index >= 15 is 0 Å². The Morgan fingerprint density at radius 3 is 2.34 bits per heavy atom. The van der Waals surface area contributed by atoms with Gasteiger partial charge in [-0.25, -0.2) is 13.2 Å². The van der Waals surface area contributed by atoms with Gasteiger partial charge < -0.3 is 15.2 Å². The normalized spacial score (nSPS) is 14.6. The van der Waals surface area contributed by atoms with Crippen molar-refractivity contribution < 1.29 is 13.3 Å². The number of hydrogen-bond acceptors (Lipinski definition) is 8. The fraction of sp³-hybridized carbons (Fsp3) is 0.273. The van der Waals surface area contributed by atoms with Crippen LogP contribution in [0.5, 0.6) is 0 Å². The minimum absolute atomic E-state index is 0.0225. The summed E-state index contributed by atoms with van der Waals surface area (Å²) in [4.78, 5) is 40.4. The van der Waals surface area contributed by atoms with Crippen LogP contribution in [0.2, 0.25) is 0 Å². The van der Waals surface area contributed by atoms with Crippen molar-refractivity contribution in [3.8, 4) is 0 Å². The summed E-state index contributed by atoms with van der Waals surface area (Å²) in [5, 5.41) is 14.6. The highest BCUT2D eigenvalue weighted by atomic mass is 32.2. The molecular weight excluding hydrogens is 476 g/mol. The third kappa shape index (κ3) is 5.10. The van der Waals surface area contributed by atoms with Crippen molar-refractivity contribution in [3.63, 3.8) is 0 Å². The van der Waals surface area contributed by atoms with Crippen molar-refractivity contribution in [1.29, 1.82) is 0 Å². The molecule has 1 saturated heterocycles. The molecule has 1 aliphatic heterocycles. The molecule has 0 bridgehead atoms. The Morgan fingerprint density at radius 2 is 1.71 bits per heavy atom. The lowest BCUT2D eigenvalue weighted by atomic mass is 10.2. The van der Waals surface area contributed by atoms with Gasteiger partial charge in [-0.3, -0.25) is 19.9 Å². The quantitative estimate of drug-likeness (QED) is 0.324. The zero-order valence-corrected chi connectivity index (χ0v) is 19.7. The topological polar surface area (TPSA) is 162 Å². The molecule has 0 amide bonds. The molecule has 0 atom stereocenters. The van der Waals surface area contributed by atoms with Gasteiger partial charge in [0, 0.05) is 50.2 Å². The predicted octanol–water partition coefficient (Wildman–Crippen LogP) is 1.40. The van der Waals surface area contributed by atoms with Crippen molar-refractivity contribution in [3.05, 3.63) is 90.7 Å². The van der Waals surface area contributed by atoms with E-state index in [1.165, 1.54) is 17.3 Å². The first kappa shape index (κ1) is 24.2. The zero-order chi connectivity index (χ0) is 25.2. The largest absolute Gasteiger partial charge is 0.375 e. The average Bonchev–Trinajstić information content (AvgIpc) is 2.82. The summed E-state index contributed by atoms with van der Waals surface area (Å²) >= 11 is 0. The van der Waals surface area contributed by atoms with Gasteiger partial charge in [0.15, 0.2) is 4.90 Å². The van der Waals surface area contributed by atoms with Gasteiger partial charge in [0.1, 0.15) is 5.69 Å². The van der Waals surface area contributed by atoms with Crippen LogP contribution in [0, 0.1) is 17.0 Å². The van der Waals surface area contributed by atoms with E-state index < -0.39 is 31.1 Å². The number of aryl methyl sites for hydroxylation is 1. The Hall–Kier alpha value is -3.97. The molecule has 1 aliphatic rings. The standard InChI is InChI=1S/C22H24N6O6S/c1-15-20(21(29)25-22(30)24-15)35(33,34)27-11-9-26(10-12-27)17-7-8-19(28(31)32)18(13-17)23-14-16-5-3-2-4-6-16/h2-8,13,23H,9-12,14H2,1H3,(H2,24,25,29,30). The number of aromatic nitrogens is 2. The van der Waals surface area contributed by atoms with E-state index in [0.717, 1.165) is 5.56 Å². The molecule has 0 radical (unpaired) electrons. The number of anilines is 2. The second kappa shape index (κ2) is 9.72. The molecule has 2 aromatic carbocycles. The lowest BCUT2D eigenvalue weighted by Crippen LogP contribution is -2.50. The van der Waals surface area contributed by atoms with Gasteiger partial charge in [-0.1, -0.05) is 30.3 Å². The molecule has 13 heteroatoms. The number of H-pyrrole nitrogens is 2. The third-order valence-electron chi connectivity index (χ3n) is 5.78. The van der Waals surface area contributed by atoms with E-state index in [9.17, 15) is 28.1 Å². The summed E-state index contributed by atoms with van der Waals surface area (Å²) in [6.07, 6.45) is 0. The molecule has 0 aliphatic carbocycles. The highest BCUT2D eigenvalue weighted by Gasteiger charge is 2.32. The molecule has 1 fully saturated rings. The van der Waals surface area contributed by atoms with Crippen LogP contribution in [0.3, 0.4) is 0 Å². The van der Waals surface area contributed by atoms with Crippen LogP contribution < -0.4 is 21.5 Å². The lowest BCUT2D eigenvalue weighted by Gasteiger charge is -2.35. The highest BCUT2D eigenvalue weighted by molar-refractivity contribution is 7.89. The zero-order valence-electron chi connectivity index (χ0n) is 18.9. The molecule has 3 N–H and O–H groups in total. The summed E-state index contributed by atoms with van der Waals surface area (Å²) in [7, 11) is -4.12. The molecule has 184 valence electrons. The first-order chi connectivity index (χ1) is 16.7. The maximum Gasteiger partial charge on any atom is 0.325 e. The second-order valence-corrected chi connectivity index (χ2v) is 9.93. The Balaban J connectivity index is 1.51. The van der Waals surface area contributed by atoms with Crippen LogP contribution in [0.15, 0.2) is 63.0 Å². The van der Waals surface area contributed by atoms with Gasteiger partial charge in [-0.2, -0.15) is 4.31 Å². The number of benzene rings is 2. The fourth-order valence-corrected chi connectivity index (χ4v) is 5.66. The van der Waals surface area contributed by atoms with Gasteiger partial charge in [0.2, 0.25) is 10.0 Å². The Labute approximate surface area is 200 Å². The molecule has 35 heavy (non-hydrogen) atoms. The van der Waals surface area contributed by atoms with Gasteiger partial charge in [-0.15, -0.1) is 0 Å². The number of aromatic amines is 2. The molecule has 3 aromatic rings. The van der Waals surface area contributed by atoms with Crippen molar-refractivity contribution in [2.24, 2.45) is 0 Å². The number of nitrogens with one attached hydrogen (secondary N) is 3. The summed E-state index contributed by atoms with van der Waals surface area (Å²) in [6, 6.07) is 14.2. The first-order valence-electron chi connectivity index (χ1n) is 10.8. The van der Waals surface area contributed by atoms with Crippen LogP contribution in [0.25, 0.3) is 0 Å². The van der Waals surface area contributed by atoms with Crippen LogP contribution in [0.1, 0.15) is 11.3 Å². The smallest absolute Gasteiger partial charge is 0.325 e. The van der Waals surface area contributed by atoms with E-state index in [4.69, 9.17) is 0 Å². The van der Waals surface area contributed by atoms with Crippen LogP contribution >= 0.6 is 0 Å². The summed E-state index contributed by atoms with van der Waals surface area (Å²) in [5.74, 6) is 0. The molecule has 0 spiro atoms. The van der Waals surface area contributed by atoms with E-state index in [1.807, 2.05) is 40.2 Å². The number of nitro benzene ring substituents is 1. The van der Waals surface area contributed by atoms with E-state index in [1.54, 1.807) is 12.1 Å². The Morgan fingerprint density at radius 1 is 1.03 bits per heavy atom. The van der Waals surface area contributed by atoms with Crippen LogP contribution in [-0.2, 0) is 16.6 Å². The van der Waals surface area contributed by atoms with Gasteiger partial charge in [0.05, 0.1) is 4.92 Å². The van der Waals surface area contributed by atoms with Crippen LogP contribution in [-0.4, -0.2) is 53.8 Å². The predicted molar refractivity (Wildman–Crippen MR) is 130 cm³/mol. The molecule has 0 unspecified atom stereocenters. The molecular formula is C22H24N6O6S. The Kier molecular flexibility index (Phi) is 6.71. The van der Waals surface area contributed by atoms with Crippen molar-refractivity contribution in [2.75, 3.05) is 36.4 Å². The number of hydrogen-bond donors (Lipinski definition) is 3. The molecule has 1 aromatic heterocycles. The van der Waals surface area contributed by atoms with Gasteiger partial charge in [0.25, 0.3) is 11.2 Å². The van der Waals surface area contributed by atoms with Crippen molar-refractivity contribution in [1.82, 2.24) is 14.3 Å². The maximum atomic E-state index is 13.1. The van der Waals surface area contributed by atoms with Gasteiger partial charge in [-0.05, 0) is 24.6 Å². The minimum Gasteiger partial charge on any atom is -0.375 e. The fourth-order valence-electron chi connectivity index (χ4n) is 4.03. The van der Waals surface area contributed by atoms with Crippen molar-refractivity contribution >= 4 is 27.1 Å². The van der Waals surface area contributed by atoms with Crippen molar-refractivity contribution in [2.45, 2.75) is 18.4 Å². The summed E-state index contributed by atoms with van der Waals surface area (Å²) < 4.78 is 27.3. The Bertz CT molecular complexity index is 1460. The van der Waals surface area contributed by atoms with E-state index in [-0.39, 0.29) is 24.5 Å². The highest BCUT2D eigenvalue weighted by Crippen LogP contribution is 2.31. The molecule has 4 rings (SSSR count). The number of sulfonamides is 1. The maximum absolute atomic E-state index is 13.1. The van der Waals surface area contributed by atoms with Gasteiger partial charge >= 0.3 is 5.69 Å². The average molecular weight is 501 g/mol. The number of nitro groups is 1. The second-order valence-electron chi connectivity index (χ2n) is 8.05. The van der Waals surface area contributed by atoms with Crippen LogP contribution in [0.4, 0.5) is 17.1 Å². The van der Waals surface area contributed by atoms with E-state index in [2.05, 4.69) is 10.3 Å². The summed E-state index contributed by atoms with van der Waals surface area (Å²) in [5.41, 5.74) is 0.232. The third-order valence-corrected chi connectivity index (χ3v) is 7.83. The first-order valence-corrected chi connectivity index (χ1v) is 12.3. The number of nitrogens with zero attached hydrogens (tertiary/aromatic N) is 3. The molecule has 2 heterocycles. The molecule has 12 nitrogen and oxygen atoms in total. The lowest BCUT2D eigenvalue weighted by molar-refractivity contribution is -0.384. The molecule has 0 saturated carbocycles. The number of piperazine rings is 1. The van der Waals surface area contributed by atoms with E-state index in [0.29, 0.717) is 31.0 Å². The monoisotopic (exact) mass is 500 g/mol. The summed E-state index contributed by atoms with van der Waals surface area (Å²) in [6.45, 7) is 2.60. The SMILES string of the molecule is Cc1[nH]c(=O)[nH]c(=O)c1S(=O)(=O)N1CCN(c2ccc([N+](=O)[O-])c(NCc3ccccc3)c2)CC1. The minimum atomic E-state index is -4.12.